The highest BCUT2D eigenvalue weighted by Gasteiger charge is 2.24. The van der Waals surface area contributed by atoms with Gasteiger partial charge in [-0.15, -0.1) is 0 Å². The summed E-state index contributed by atoms with van der Waals surface area (Å²) in [5.74, 6) is -2.10. The summed E-state index contributed by atoms with van der Waals surface area (Å²) in [4.78, 5) is 58.6. The molecule has 2 unspecified atom stereocenters. The minimum Gasteiger partial charge on any atom is -0.444 e. The average Bonchev–Trinajstić information content (AvgIpc) is 2.73. The second-order valence-electron chi connectivity index (χ2n) is 7.80. The van der Waals surface area contributed by atoms with E-state index in [1.54, 1.807) is 51.3 Å². The van der Waals surface area contributed by atoms with Gasteiger partial charge in [-0.2, -0.15) is 0 Å². The van der Waals surface area contributed by atoms with Crippen LogP contribution in [0, 0.1) is 0 Å². The maximum absolute atomic E-state index is 12.0. The van der Waals surface area contributed by atoms with Crippen molar-refractivity contribution in [1.82, 2.24) is 21.3 Å². The van der Waals surface area contributed by atoms with Crippen LogP contribution in [-0.2, 0) is 30.3 Å². The third-order valence-electron chi connectivity index (χ3n) is 3.82. The first kappa shape index (κ1) is 26.6. The lowest BCUT2D eigenvalue weighted by molar-refractivity contribution is -0.128. The highest BCUT2D eigenvalue weighted by atomic mass is 16.6. The average molecular weight is 449 g/mol. The van der Waals surface area contributed by atoms with E-state index in [-0.39, 0.29) is 6.42 Å². The van der Waals surface area contributed by atoms with E-state index in [0.29, 0.717) is 0 Å². The summed E-state index contributed by atoms with van der Waals surface area (Å²) < 4.78 is 5.00. The quantitative estimate of drug-likeness (QED) is 0.287. The summed E-state index contributed by atoms with van der Waals surface area (Å²) >= 11 is 0. The van der Waals surface area contributed by atoms with Crippen LogP contribution in [0.15, 0.2) is 30.3 Å². The Balaban J connectivity index is 2.38. The molecule has 0 aliphatic rings. The Morgan fingerprint density at radius 1 is 1.00 bits per heavy atom. The van der Waals surface area contributed by atoms with Gasteiger partial charge >= 0.3 is 6.09 Å². The van der Waals surface area contributed by atoms with Crippen LogP contribution in [0.3, 0.4) is 0 Å². The van der Waals surface area contributed by atoms with E-state index < -0.39 is 61.2 Å². The molecule has 0 bridgehead atoms. The summed E-state index contributed by atoms with van der Waals surface area (Å²) in [5.41, 5.74) is 0.0502. The molecule has 0 heterocycles. The van der Waals surface area contributed by atoms with Crippen molar-refractivity contribution < 1.29 is 33.8 Å². The number of aliphatic hydroxyl groups is 1. The first-order valence-electron chi connectivity index (χ1n) is 9.89. The third kappa shape index (κ3) is 11.1. The lowest BCUT2D eigenvalue weighted by Crippen LogP contribution is -2.52. The van der Waals surface area contributed by atoms with Crippen LogP contribution in [0.1, 0.15) is 26.3 Å². The molecule has 0 saturated heterocycles. The van der Waals surface area contributed by atoms with Crippen molar-refractivity contribution in [2.75, 3.05) is 19.7 Å². The Kier molecular flexibility index (Phi) is 10.8. The number of carbonyl (C=O) groups excluding carboxylic acids is 5. The molecule has 4 amide bonds. The Morgan fingerprint density at radius 3 is 2.19 bits per heavy atom. The molecular weight excluding hydrogens is 420 g/mol. The molecule has 2 atom stereocenters. The molecule has 1 aromatic carbocycles. The van der Waals surface area contributed by atoms with Gasteiger partial charge in [-0.25, -0.2) is 4.79 Å². The van der Waals surface area contributed by atoms with E-state index >= 15 is 0 Å². The van der Waals surface area contributed by atoms with Crippen molar-refractivity contribution >= 4 is 30.1 Å². The van der Waals surface area contributed by atoms with Gasteiger partial charge in [0.25, 0.3) is 0 Å². The van der Waals surface area contributed by atoms with Gasteiger partial charge in [-0.1, -0.05) is 30.3 Å². The molecule has 5 N–H and O–H groups in total. The Hall–Kier alpha value is -3.47. The van der Waals surface area contributed by atoms with Crippen molar-refractivity contribution in [3.63, 3.8) is 0 Å². The zero-order valence-electron chi connectivity index (χ0n) is 18.3. The van der Waals surface area contributed by atoms with Crippen LogP contribution < -0.4 is 21.3 Å². The molecule has 0 fully saturated rings. The Bertz CT molecular complexity index is 793. The molecule has 0 saturated carbocycles. The molecule has 0 aromatic heterocycles. The number of benzene rings is 1. The van der Waals surface area contributed by atoms with E-state index in [0.717, 1.165) is 5.56 Å². The van der Waals surface area contributed by atoms with Gasteiger partial charge in [0.05, 0.1) is 25.7 Å². The molecular formula is C21H29N4O7. The maximum Gasteiger partial charge on any atom is 0.408 e. The number of hydrogen-bond donors (Lipinski definition) is 5. The predicted octanol–water partition coefficient (Wildman–Crippen LogP) is -1.06. The molecule has 0 spiro atoms. The first-order chi connectivity index (χ1) is 15.0. The fourth-order valence-electron chi connectivity index (χ4n) is 2.39. The van der Waals surface area contributed by atoms with Crippen molar-refractivity contribution in [1.29, 1.82) is 0 Å². The normalized spacial score (nSPS) is 12.6. The monoisotopic (exact) mass is 449 g/mol. The fraction of sp³-hybridized carbons (Fsp3) is 0.476. The van der Waals surface area contributed by atoms with Crippen molar-refractivity contribution in [2.24, 2.45) is 0 Å². The van der Waals surface area contributed by atoms with Crippen LogP contribution in [-0.4, -0.2) is 72.6 Å². The highest BCUT2D eigenvalue weighted by Crippen LogP contribution is 2.06. The zero-order valence-corrected chi connectivity index (χ0v) is 18.3. The Labute approximate surface area is 186 Å². The molecule has 175 valence electrons. The molecule has 32 heavy (non-hydrogen) atoms. The second-order valence-corrected chi connectivity index (χ2v) is 7.80. The van der Waals surface area contributed by atoms with Gasteiger partial charge in [0.1, 0.15) is 11.6 Å². The van der Waals surface area contributed by atoms with Gasteiger partial charge in [-0.05, 0) is 26.3 Å². The summed E-state index contributed by atoms with van der Waals surface area (Å²) in [7, 11) is 0. The van der Waals surface area contributed by atoms with Crippen LogP contribution in [0.4, 0.5) is 4.79 Å². The van der Waals surface area contributed by atoms with Crippen molar-refractivity contribution in [2.45, 2.75) is 44.9 Å². The summed E-state index contributed by atoms with van der Waals surface area (Å²) in [6.07, 6.45) is 1.10. The van der Waals surface area contributed by atoms with Crippen LogP contribution >= 0.6 is 0 Å². The molecule has 11 nitrogen and oxygen atoms in total. The lowest BCUT2D eigenvalue weighted by atomic mass is 10.1. The molecule has 1 radical (unpaired) electrons. The first-order valence-corrected chi connectivity index (χ1v) is 9.89. The van der Waals surface area contributed by atoms with Gasteiger partial charge in [-0.3, -0.25) is 19.2 Å². The minimum absolute atomic E-state index is 0.257. The predicted molar refractivity (Wildman–Crippen MR) is 114 cm³/mol. The van der Waals surface area contributed by atoms with Crippen LogP contribution in [0.2, 0.25) is 0 Å². The number of carbonyl (C=O) groups is 4. The van der Waals surface area contributed by atoms with Gasteiger partial charge in [0, 0.05) is 6.42 Å². The summed E-state index contributed by atoms with van der Waals surface area (Å²) in [6.45, 7) is 3.29. The van der Waals surface area contributed by atoms with Crippen LogP contribution in [0.5, 0.6) is 0 Å². The van der Waals surface area contributed by atoms with Gasteiger partial charge < -0.3 is 31.1 Å². The summed E-state index contributed by atoms with van der Waals surface area (Å²) in [5, 5.41) is 18.4. The fourth-order valence-corrected chi connectivity index (χ4v) is 2.39. The Morgan fingerprint density at radius 2 is 1.62 bits per heavy atom. The van der Waals surface area contributed by atoms with E-state index in [9.17, 15) is 29.1 Å². The SMILES string of the molecule is CC(C)(C)OC(=O)NC(CO)C(=O)NCC(=O)NCC(=O)NC([C]=O)Cc1ccccc1. The summed E-state index contributed by atoms with van der Waals surface area (Å²) in [6, 6.07) is 6.85. The van der Waals surface area contributed by atoms with E-state index in [1.165, 1.54) is 0 Å². The lowest BCUT2D eigenvalue weighted by Gasteiger charge is -2.22. The second kappa shape index (κ2) is 13.1. The third-order valence-corrected chi connectivity index (χ3v) is 3.82. The minimum atomic E-state index is -1.32. The van der Waals surface area contributed by atoms with Gasteiger partial charge in [0.15, 0.2) is 0 Å². The number of nitrogens with one attached hydrogen (secondary N) is 4. The van der Waals surface area contributed by atoms with E-state index in [4.69, 9.17) is 4.74 Å². The van der Waals surface area contributed by atoms with Crippen LogP contribution in [0.25, 0.3) is 0 Å². The standard InChI is InChI=1S/C21H29N4O7/c1-21(2,3)32-20(31)25-16(13-27)19(30)23-10-17(28)22-11-18(29)24-15(12-26)9-14-7-5-4-6-8-14/h4-8,15-16,27H,9-11,13H2,1-3H3,(H,22,28)(H,23,30)(H,24,29)(H,25,31). The molecule has 0 aliphatic heterocycles. The number of alkyl carbamates (subject to hydrolysis) is 1. The van der Waals surface area contributed by atoms with E-state index in [1.807, 2.05) is 6.07 Å². The smallest absolute Gasteiger partial charge is 0.408 e. The number of hydrogen-bond acceptors (Lipinski definition) is 7. The number of ether oxygens (including phenoxy) is 1. The largest absolute Gasteiger partial charge is 0.444 e. The highest BCUT2D eigenvalue weighted by molar-refractivity contribution is 5.91. The number of aliphatic hydroxyl groups excluding tert-OH is 1. The van der Waals surface area contributed by atoms with Crippen molar-refractivity contribution in [3.05, 3.63) is 35.9 Å². The zero-order chi connectivity index (χ0) is 24.1. The molecule has 0 aliphatic carbocycles. The maximum atomic E-state index is 12.0. The molecule has 11 heteroatoms. The topological polar surface area (TPSA) is 163 Å². The number of amides is 4. The van der Waals surface area contributed by atoms with E-state index in [2.05, 4.69) is 21.3 Å². The number of rotatable bonds is 11. The van der Waals surface area contributed by atoms with Gasteiger partial charge in [0.2, 0.25) is 24.0 Å². The molecule has 1 rings (SSSR count). The molecule has 1 aromatic rings. The van der Waals surface area contributed by atoms with Crippen molar-refractivity contribution in [3.8, 4) is 0 Å².